The van der Waals surface area contributed by atoms with Crippen molar-refractivity contribution in [3.8, 4) is 33.4 Å². The van der Waals surface area contributed by atoms with Crippen molar-refractivity contribution in [3.05, 3.63) is 200 Å². The molecule has 0 aliphatic rings. The molecular formula is C50H33NS. The zero-order valence-corrected chi connectivity index (χ0v) is 28.5. The molecule has 0 unspecified atom stereocenters. The monoisotopic (exact) mass is 688 g/mol. The second-order valence-electron chi connectivity index (χ2n) is 12.6. The van der Waals surface area contributed by atoms with E-state index in [1.807, 2.05) is 72.8 Å². The van der Waals surface area contributed by atoms with E-state index in [2.05, 4.69) is 72.8 Å². The summed E-state index contributed by atoms with van der Waals surface area (Å²) in [5, 5.41) is 6.18. The Morgan fingerprint density at radius 3 is 1.94 bits per heavy atom. The molecule has 0 saturated carbocycles. The third-order valence-electron chi connectivity index (χ3n) is 9.61. The molecule has 1 nitrogen and oxygen atoms in total. The predicted molar refractivity (Wildman–Crippen MR) is 225 cm³/mol. The number of nitrogens with zero attached hydrogens (tertiary/aromatic N) is 1. The fourth-order valence-corrected chi connectivity index (χ4v) is 8.31. The smallest absolute Gasteiger partial charge is 0.0645 e. The topological polar surface area (TPSA) is 3.24 Å². The van der Waals surface area contributed by atoms with Crippen LogP contribution in [0.25, 0.3) is 75.1 Å². The molecule has 244 valence electrons. The average Bonchev–Trinajstić information content (AvgIpc) is 3.67. The molecule has 52 heavy (non-hydrogen) atoms. The van der Waals surface area contributed by atoms with Gasteiger partial charge in [-0.1, -0.05) is 151 Å². The van der Waals surface area contributed by atoms with Gasteiger partial charge in [0.05, 0.1) is 18.0 Å². The van der Waals surface area contributed by atoms with Gasteiger partial charge in [-0.3, -0.25) is 0 Å². The van der Waals surface area contributed by atoms with Gasteiger partial charge in [0.1, 0.15) is 0 Å². The van der Waals surface area contributed by atoms with E-state index in [4.69, 9.17) is 6.85 Å². The summed E-state index contributed by atoms with van der Waals surface area (Å²) < 4.78 is 82.8. The van der Waals surface area contributed by atoms with E-state index in [0.717, 1.165) is 64.0 Å². The van der Waals surface area contributed by atoms with E-state index in [-0.39, 0.29) is 16.8 Å². The van der Waals surface area contributed by atoms with Gasteiger partial charge < -0.3 is 4.90 Å². The molecule has 2 heteroatoms. The average molecular weight is 689 g/mol. The maximum absolute atomic E-state index is 9.73. The van der Waals surface area contributed by atoms with E-state index in [1.165, 1.54) is 0 Å². The fourth-order valence-electron chi connectivity index (χ4n) is 7.22. The Balaban J connectivity index is 1.34. The van der Waals surface area contributed by atoms with Crippen LogP contribution in [0.1, 0.15) is 12.3 Å². The normalized spacial score (nSPS) is 13.9. The Labute approximate surface area is 319 Å². The second kappa shape index (κ2) is 12.7. The van der Waals surface area contributed by atoms with Gasteiger partial charge in [-0.2, -0.15) is 0 Å². The second-order valence-corrected chi connectivity index (χ2v) is 13.7. The van der Waals surface area contributed by atoms with Crippen LogP contribution in [0, 0.1) is 0 Å². The van der Waals surface area contributed by atoms with Crippen LogP contribution in [-0.2, 0) is 0 Å². The largest absolute Gasteiger partial charge is 0.310 e. The van der Waals surface area contributed by atoms with Gasteiger partial charge in [0.15, 0.2) is 0 Å². The molecule has 0 aliphatic heterocycles. The van der Waals surface area contributed by atoms with Crippen LogP contribution in [0.15, 0.2) is 200 Å². The van der Waals surface area contributed by atoms with Gasteiger partial charge in [0.25, 0.3) is 0 Å². The van der Waals surface area contributed by atoms with E-state index >= 15 is 0 Å². The van der Waals surface area contributed by atoms with E-state index in [9.17, 15) is 5.48 Å². The zero-order valence-electron chi connectivity index (χ0n) is 36.7. The maximum atomic E-state index is 9.73. The van der Waals surface area contributed by atoms with Crippen LogP contribution in [-0.4, -0.2) is 0 Å². The molecule has 0 atom stereocenters. The van der Waals surface area contributed by atoms with Gasteiger partial charge in [-0.05, 0) is 97.8 Å². The highest BCUT2D eigenvalue weighted by Gasteiger charge is 2.22. The highest BCUT2D eigenvalue weighted by molar-refractivity contribution is 7.25. The Morgan fingerprint density at radius 2 is 1.08 bits per heavy atom. The van der Waals surface area contributed by atoms with Gasteiger partial charge in [-0.25, -0.2) is 0 Å². The molecule has 0 saturated heterocycles. The third-order valence-corrected chi connectivity index (χ3v) is 10.8. The van der Waals surface area contributed by atoms with Crippen LogP contribution < -0.4 is 4.90 Å². The summed E-state index contributed by atoms with van der Waals surface area (Å²) >= 11 is 1.66. The molecule has 10 rings (SSSR count). The van der Waals surface area contributed by atoms with Crippen molar-refractivity contribution >= 4 is 70.1 Å². The lowest BCUT2D eigenvalue weighted by Gasteiger charge is -2.30. The summed E-state index contributed by atoms with van der Waals surface area (Å²) in [4.78, 5) is 1.79. The minimum Gasteiger partial charge on any atom is -0.310 e. The lowest BCUT2D eigenvalue weighted by molar-refractivity contribution is 1.29. The zero-order chi connectivity index (χ0) is 42.3. The number of hydrogen-bond donors (Lipinski definition) is 0. The van der Waals surface area contributed by atoms with Gasteiger partial charge in [0.2, 0.25) is 0 Å². The molecule has 0 amide bonds. The van der Waals surface area contributed by atoms with Crippen molar-refractivity contribution in [1.82, 2.24) is 0 Å². The minimum absolute atomic E-state index is 0.0536. The van der Waals surface area contributed by atoms with Crippen molar-refractivity contribution < 1.29 is 12.3 Å². The number of rotatable bonds is 6. The standard InChI is InChI=1S/C50H33NS/c1-2-12-34(13-3-1)36-26-28-40(29-27-36)51(41-30-31-49-46(33-41)44-19-8-9-23-48(44)52-49)47-22-11-21-45(43-20-10-17-37-15-6-7-18-42(37)43)50(47)39-25-24-35-14-4-5-16-38(35)32-39/h1-33H/i1D,2D,3D,12D,13D,26D,27D,28D,29D. The lowest BCUT2D eigenvalue weighted by atomic mass is 9.89. The lowest BCUT2D eigenvalue weighted by Crippen LogP contribution is -2.11. The number of fused-ring (bicyclic) bond motifs is 5. The molecule has 0 fully saturated rings. The van der Waals surface area contributed by atoms with Crippen molar-refractivity contribution in [2.24, 2.45) is 0 Å². The summed E-state index contributed by atoms with van der Waals surface area (Å²) in [6.07, 6.45) is 0. The molecule has 10 aromatic rings. The van der Waals surface area contributed by atoms with Crippen LogP contribution in [0.4, 0.5) is 17.1 Å². The Bertz CT molecular complexity index is 3390. The molecule has 9 aromatic carbocycles. The van der Waals surface area contributed by atoms with Crippen molar-refractivity contribution in [3.63, 3.8) is 0 Å². The highest BCUT2D eigenvalue weighted by atomic mass is 32.1. The number of anilines is 3. The molecule has 1 heterocycles. The van der Waals surface area contributed by atoms with E-state index in [0.29, 0.717) is 11.4 Å². The number of benzene rings is 9. The predicted octanol–water partition coefficient (Wildman–Crippen LogP) is 14.8. The SMILES string of the molecule is [2H]c1c([2H])c([2H])c(-c2c([2H])c([2H])c(N(c3ccc4sc5ccccc5c4c3)c3cccc(-c4cccc5ccccc45)c3-c3ccc4ccccc4c3)c([2H])c2[2H])c([2H])c1[2H]. The Kier molecular flexibility index (Phi) is 5.46. The molecule has 1 aromatic heterocycles. The minimum atomic E-state index is -0.625. The number of hydrogen-bond acceptors (Lipinski definition) is 2. The Hall–Kier alpha value is -6.48. The molecule has 0 aliphatic carbocycles. The van der Waals surface area contributed by atoms with Crippen molar-refractivity contribution in [2.45, 2.75) is 0 Å². The van der Waals surface area contributed by atoms with Crippen molar-refractivity contribution in [2.75, 3.05) is 4.90 Å². The summed E-state index contributed by atoms with van der Waals surface area (Å²) in [5.41, 5.74) is 3.90. The fraction of sp³-hybridized carbons (Fsp3) is 0. The summed E-state index contributed by atoms with van der Waals surface area (Å²) in [6.45, 7) is 0. The third kappa shape index (κ3) is 5.24. The first-order valence-electron chi connectivity index (χ1n) is 21.5. The first kappa shape index (κ1) is 22.4. The highest BCUT2D eigenvalue weighted by Crippen LogP contribution is 2.48. The maximum Gasteiger partial charge on any atom is 0.0645 e. The first-order valence-corrected chi connectivity index (χ1v) is 17.8. The first-order chi connectivity index (χ1) is 29.5. The molecule has 0 bridgehead atoms. The molecule has 0 N–H and O–H groups in total. The van der Waals surface area contributed by atoms with Crippen LogP contribution >= 0.6 is 11.3 Å². The van der Waals surface area contributed by atoms with Crippen molar-refractivity contribution in [1.29, 1.82) is 0 Å². The quantitative estimate of drug-likeness (QED) is 0.168. The van der Waals surface area contributed by atoms with Crippen LogP contribution in [0.2, 0.25) is 0 Å². The van der Waals surface area contributed by atoms with Crippen LogP contribution in [0.5, 0.6) is 0 Å². The molecular weight excluding hydrogens is 647 g/mol. The Morgan fingerprint density at radius 1 is 0.404 bits per heavy atom. The molecule has 0 spiro atoms. The van der Waals surface area contributed by atoms with Gasteiger partial charge in [0, 0.05) is 37.1 Å². The molecule has 0 radical (unpaired) electrons. The van der Waals surface area contributed by atoms with Gasteiger partial charge >= 0.3 is 0 Å². The van der Waals surface area contributed by atoms with E-state index < -0.39 is 54.4 Å². The summed E-state index contributed by atoms with van der Waals surface area (Å²) in [5.74, 6) is 0. The van der Waals surface area contributed by atoms with Crippen LogP contribution in [0.3, 0.4) is 0 Å². The van der Waals surface area contributed by atoms with Gasteiger partial charge in [-0.15, -0.1) is 11.3 Å². The van der Waals surface area contributed by atoms with E-state index in [1.54, 1.807) is 16.2 Å². The number of thiophene rings is 1. The summed E-state index contributed by atoms with van der Waals surface area (Å²) in [6, 6.07) is 43.8. The summed E-state index contributed by atoms with van der Waals surface area (Å²) in [7, 11) is 0.